The lowest BCUT2D eigenvalue weighted by Crippen LogP contribution is -2.29. The average molecular weight is 313 g/mol. The van der Waals surface area contributed by atoms with E-state index in [1.807, 2.05) is 25.1 Å². The van der Waals surface area contributed by atoms with Gasteiger partial charge in [-0.3, -0.25) is 4.79 Å². The van der Waals surface area contributed by atoms with Crippen molar-refractivity contribution in [1.29, 1.82) is 0 Å². The molecule has 116 valence electrons. The quantitative estimate of drug-likeness (QED) is 0.634. The minimum atomic E-state index is -0.734. The van der Waals surface area contributed by atoms with E-state index in [1.165, 1.54) is 6.07 Å². The summed E-state index contributed by atoms with van der Waals surface area (Å²) in [4.78, 5) is 13.9. The maximum atomic E-state index is 13.5. The Bertz CT molecular complexity index is 830. The lowest BCUT2D eigenvalue weighted by atomic mass is 10.1. The molecule has 0 fully saturated rings. The Morgan fingerprint density at radius 2 is 1.96 bits per heavy atom. The molecule has 23 heavy (non-hydrogen) atoms. The van der Waals surface area contributed by atoms with Gasteiger partial charge in [0.1, 0.15) is 11.6 Å². The number of nitrogens with zero attached hydrogens (tertiary/aromatic N) is 3. The van der Waals surface area contributed by atoms with Crippen LogP contribution in [-0.4, -0.2) is 24.4 Å². The number of fused-ring (bicyclic) bond motifs is 1. The fraction of sp³-hybridized carbons (Fsp3) is 0.118. The number of halogens is 2. The molecule has 0 bridgehead atoms. The first-order valence-corrected chi connectivity index (χ1v) is 7.09. The Balaban J connectivity index is 1.93. The van der Waals surface area contributed by atoms with Gasteiger partial charge in [-0.2, -0.15) is 5.10 Å². The average Bonchev–Trinajstić information content (AvgIpc) is 2.81. The van der Waals surface area contributed by atoms with Gasteiger partial charge in [-0.15, -0.1) is 5.10 Å². The standard InChI is InChI=1S/C17H13F2N3O/c1-2-22-15-6-4-3-5-13(15)16(17(22)23)21-20-10-11-7-8-12(18)9-14(11)19/h3-10H,2H2,1H3/b20-10-,21-16+. The molecule has 1 amide bonds. The molecule has 0 N–H and O–H groups in total. The van der Waals surface area contributed by atoms with E-state index in [-0.39, 0.29) is 17.2 Å². The number of hydrogen-bond acceptors (Lipinski definition) is 3. The molecular weight excluding hydrogens is 300 g/mol. The highest BCUT2D eigenvalue weighted by atomic mass is 19.1. The van der Waals surface area contributed by atoms with Gasteiger partial charge in [0, 0.05) is 23.7 Å². The van der Waals surface area contributed by atoms with Crippen molar-refractivity contribution >= 4 is 23.5 Å². The van der Waals surface area contributed by atoms with Gasteiger partial charge in [-0.05, 0) is 25.1 Å². The summed E-state index contributed by atoms with van der Waals surface area (Å²) in [6, 6.07) is 10.4. The van der Waals surface area contributed by atoms with E-state index in [0.717, 1.165) is 24.0 Å². The van der Waals surface area contributed by atoms with Crippen LogP contribution in [0.2, 0.25) is 0 Å². The maximum Gasteiger partial charge on any atom is 0.279 e. The van der Waals surface area contributed by atoms with Crippen LogP contribution in [0, 0.1) is 11.6 Å². The summed E-state index contributed by atoms with van der Waals surface area (Å²) in [6.45, 7) is 2.39. The topological polar surface area (TPSA) is 45.0 Å². The molecule has 0 atom stereocenters. The second-order valence-electron chi connectivity index (χ2n) is 4.93. The van der Waals surface area contributed by atoms with Crippen molar-refractivity contribution in [2.75, 3.05) is 11.4 Å². The van der Waals surface area contributed by atoms with Gasteiger partial charge in [0.15, 0.2) is 5.71 Å². The summed E-state index contributed by atoms with van der Waals surface area (Å²) in [5.41, 5.74) is 1.78. The highest BCUT2D eigenvalue weighted by Gasteiger charge is 2.32. The molecule has 1 heterocycles. The molecule has 2 aromatic rings. The number of carbonyl (C=O) groups is 1. The maximum absolute atomic E-state index is 13.5. The molecule has 3 rings (SSSR count). The number of amides is 1. The van der Waals surface area contributed by atoms with Crippen molar-refractivity contribution in [3.63, 3.8) is 0 Å². The molecule has 0 saturated carbocycles. The number of anilines is 1. The minimum Gasteiger partial charge on any atom is -0.307 e. The first kappa shape index (κ1) is 15.0. The Hall–Kier alpha value is -2.89. The van der Waals surface area contributed by atoms with Gasteiger partial charge in [-0.1, -0.05) is 18.2 Å². The zero-order valence-corrected chi connectivity index (χ0v) is 12.3. The van der Waals surface area contributed by atoms with Crippen LogP contribution in [0.25, 0.3) is 0 Å². The van der Waals surface area contributed by atoms with Crippen LogP contribution in [0.15, 0.2) is 52.7 Å². The number of benzene rings is 2. The SMILES string of the molecule is CCN1C(=O)/C(=N/N=C\c2ccc(F)cc2F)c2ccccc21. The Kier molecular flexibility index (Phi) is 3.97. The van der Waals surface area contributed by atoms with Crippen LogP contribution in [0.5, 0.6) is 0 Å². The van der Waals surface area contributed by atoms with Gasteiger partial charge in [-0.25, -0.2) is 8.78 Å². The van der Waals surface area contributed by atoms with Crippen molar-refractivity contribution in [1.82, 2.24) is 0 Å². The molecule has 0 radical (unpaired) electrons. The normalized spacial score (nSPS) is 15.7. The first-order valence-electron chi connectivity index (χ1n) is 7.09. The highest BCUT2D eigenvalue weighted by molar-refractivity contribution is 6.54. The van der Waals surface area contributed by atoms with Gasteiger partial charge in [0.05, 0.1) is 11.9 Å². The number of para-hydroxylation sites is 1. The van der Waals surface area contributed by atoms with Crippen LogP contribution in [0.4, 0.5) is 14.5 Å². The lowest BCUT2D eigenvalue weighted by Gasteiger charge is -2.12. The highest BCUT2D eigenvalue weighted by Crippen LogP contribution is 2.28. The summed E-state index contributed by atoms with van der Waals surface area (Å²) in [5.74, 6) is -1.64. The van der Waals surface area contributed by atoms with E-state index >= 15 is 0 Å². The van der Waals surface area contributed by atoms with Crippen molar-refractivity contribution in [2.24, 2.45) is 10.2 Å². The first-order chi connectivity index (χ1) is 11.1. The number of carbonyl (C=O) groups excluding carboxylic acids is 1. The van der Waals surface area contributed by atoms with E-state index in [4.69, 9.17) is 0 Å². The van der Waals surface area contributed by atoms with Crippen LogP contribution >= 0.6 is 0 Å². The molecule has 4 nitrogen and oxygen atoms in total. The van der Waals surface area contributed by atoms with Crippen molar-refractivity contribution in [3.05, 3.63) is 65.2 Å². The second-order valence-corrected chi connectivity index (χ2v) is 4.93. The summed E-state index contributed by atoms with van der Waals surface area (Å²) in [5, 5.41) is 7.72. The molecule has 0 aromatic heterocycles. The molecule has 0 saturated heterocycles. The van der Waals surface area contributed by atoms with Crippen molar-refractivity contribution < 1.29 is 13.6 Å². The molecular formula is C17H13F2N3O. The largest absolute Gasteiger partial charge is 0.307 e. The predicted molar refractivity (Wildman–Crippen MR) is 85.0 cm³/mol. The minimum absolute atomic E-state index is 0.0989. The smallest absolute Gasteiger partial charge is 0.279 e. The summed E-state index contributed by atoms with van der Waals surface area (Å²) < 4.78 is 26.4. The number of rotatable bonds is 3. The monoisotopic (exact) mass is 313 g/mol. The fourth-order valence-corrected chi connectivity index (χ4v) is 2.43. The van der Waals surface area contributed by atoms with E-state index < -0.39 is 11.6 Å². The van der Waals surface area contributed by atoms with Gasteiger partial charge >= 0.3 is 0 Å². The molecule has 1 aliphatic heterocycles. The number of hydrogen-bond donors (Lipinski definition) is 0. The third-order valence-electron chi connectivity index (χ3n) is 3.53. The fourth-order valence-electron chi connectivity index (χ4n) is 2.43. The van der Waals surface area contributed by atoms with E-state index in [2.05, 4.69) is 10.2 Å². The summed E-state index contributed by atoms with van der Waals surface area (Å²) in [7, 11) is 0. The predicted octanol–water partition coefficient (Wildman–Crippen LogP) is 3.15. The summed E-state index contributed by atoms with van der Waals surface area (Å²) in [6.07, 6.45) is 1.16. The lowest BCUT2D eigenvalue weighted by molar-refractivity contribution is -0.112. The van der Waals surface area contributed by atoms with E-state index in [9.17, 15) is 13.6 Å². The zero-order valence-electron chi connectivity index (χ0n) is 12.3. The Morgan fingerprint density at radius 3 is 2.70 bits per heavy atom. The molecule has 6 heteroatoms. The molecule has 0 unspecified atom stereocenters. The molecule has 0 spiro atoms. The van der Waals surface area contributed by atoms with Gasteiger partial charge < -0.3 is 4.90 Å². The molecule has 2 aromatic carbocycles. The van der Waals surface area contributed by atoms with Crippen LogP contribution < -0.4 is 4.90 Å². The van der Waals surface area contributed by atoms with E-state index in [0.29, 0.717) is 12.1 Å². The summed E-state index contributed by atoms with van der Waals surface area (Å²) >= 11 is 0. The van der Waals surface area contributed by atoms with Crippen molar-refractivity contribution in [2.45, 2.75) is 6.92 Å². The van der Waals surface area contributed by atoms with Crippen LogP contribution in [-0.2, 0) is 4.79 Å². The Morgan fingerprint density at radius 1 is 1.17 bits per heavy atom. The third-order valence-corrected chi connectivity index (χ3v) is 3.53. The molecule has 1 aliphatic rings. The molecule has 0 aliphatic carbocycles. The van der Waals surface area contributed by atoms with Gasteiger partial charge in [0.2, 0.25) is 0 Å². The van der Waals surface area contributed by atoms with Crippen LogP contribution in [0.1, 0.15) is 18.1 Å². The zero-order chi connectivity index (χ0) is 16.4. The van der Waals surface area contributed by atoms with Crippen LogP contribution in [0.3, 0.4) is 0 Å². The van der Waals surface area contributed by atoms with Gasteiger partial charge in [0.25, 0.3) is 5.91 Å². The third kappa shape index (κ3) is 2.75. The van der Waals surface area contributed by atoms with Crippen molar-refractivity contribution in [3.8, 4) is 0 Å². The van der Waals surface area contributed by atoms with E-state index in [1.54, 1.807) is 11.0 Å². The second kappa shape index (κ2) is 6.08. The Labute approximate surface area is 131 Å². The number of likely N-dealkylation sites (N-methyl/N-ethyl adjacent to an activating group) is 1.